The van der Waals surface area contributed by atoms with Gasteiger partial charge in [-0.2, -0.15) is 5.26 Å². The minimum Gasteiger partial charge on any atom is -0.347 e. The Morgan fingerprint density at radius 1 is 1.28 bits per heavy atom. The highest BCUT2D eigenvalue weighted by Crippen LogP contribution is 2.01. The number of hydrogen-bond acceptors (Lipinski definition) is 4. The summed E-state index contributed by atoms with van der Waals surface area (Å²) in [4.78, 5) is 19.6. The highest BCUT2D eigenvalue weighted by molar-refractivity contribution is 5.92. The van der Waals surface area contributed by atoms with Gasteiger partial charge in [0.1, 0.15) is 5.69 Å². The van der Waals surface area contributed by atoms with Crippen molar-refractivity contribution in [2.24, 2.45) is 0 Å². The third kappa shape index (κ3) is 2.89. The summed E-state index contributed by atoms with van der Waals surface area (Å²) in [5.41, 5.74) is 1.61. The molecule has 0 unspecified atom stereocenters. The molecule has 0 aromatic carbocycles. The van der Waals surface area contributed by atoms with E-state index in [1.54, 1.807) is 18.5 Å². The fourth-order valence-electron chi connectivity index (χ4n) is 1.40. The molecular weight excluding hydrogens is 228 g/mol. The van der Waals surface area contributed by atoms with Crippen LogP contribution in [0, 0.1) is 11.3 Å². The molecule has 2 heterocycles. The second kappa shape index (κ2) is 5.55. The SMILES string of the molecule is N#Cc1ccnc(C(=O)NCc2ccncc2)c1. The van der Waals surface area contributed by atoms with Crippen molar-refractivity contribution in [3.63, 3.8) is 0 Å². The van der Waals surface area contributed by atoms with Crippen LogP contribution >= 0.6 is 0 Å². The zero-order valence-electron chi connectivity index (χ0n) is 9.50. The fourth-order valence-corrected chi connectivity index (χ4v) is 1.40. The van der Waals surface area contributed by atoms with E-state index in [1.165, 1.54) is 12.3 Å². The minimum absolute atomic E-state index is 0.239. The second-order valence-electron chi connectivity index (χ2n) is 3.58. The molecule has 5 nitrogen and oxygen atoms in total. The molecule has 0 bridgehead atoms. The zero-order valence-corrected chi connectivity index (χ0v) is 9.50. The molecule has 0 fully saturated rings. The van der Waals surface area contributed by atoms with Gasteiger partial charge in [-0.25, -0.2) is 0 Å². The Labute approximate surface area is 104 Å². The third-order valence-corrected chi connectivity index (χ3v) is 2.32. The predicted molar refractivity (Wildman–Crippen MR) is 64.4 cm³/mol. The van der Waals surface area contributed by atoms with E-state index in [0.29, 0.717) is 12.1 Å². The van der Waals surface area contributed by atoms with Gasteiger partial charge in [-0.3, -0.25) is 14.8 Å². The molecule has 0 aliphatic rings. The maximum atomic E-state index is 11.8. The molecule has 18 heavy (non-hydrogen) atoms. The maximum Gasteiger partial charge on any atom is 0.270 e. The number of carbonyl (C=O) groups excluding carboxylic acids is 1. The summed E-state index contributed by atoms with van der Waals surface area (Å²) < 4.78 is 0. The number of pyridine rings is 2. The van der Waals surface area contributed by atoms with E-state index in [4.69, 9.17) is 5.26 Å². The molecule has 0 spiro atoms. The largest absolute Gasteiger partial charge is 0.347 e. The first-order valence-corrected chi connectivity index (χ1v) is 5.33. The van der Waals surface area contributed by atoms with Gasteiger partial charge in [0.25, 0.3) is 5.91 Å². The molecule has 2 rings (SSSR count). The lowest BCUT2D eigenvalue weighted by atomic mass is 10.2. The Morgan fingerprint density at radius 2 is 2.06 bits per heavy atom. The van der Waals surface area contributed by atoms with Gasteiger partial charge in [0.15, 0.2) is 0 Å². The van der Waals surface area contributed by atoms with E-state index >= 15 is 0 Å². The van der Waals surface area contributed by atoms with E-state index in [-0.39, 0.29) is 11.6 Å². The third-order valence-electron chi connectivity index (χ3n) is 2.32. The van der Waals surface area contributed by atoms with E-state index in [1.807, 2.05) is 18.2 Å². The Bertz CT molecular complexity index is 589. The Morgan fingerprint density at radius 3 is 2.78 bits per heavy atom. The topological polar surface area (TPSA) is 78.7 Å². The van der Waals surface area contributed by atoms with Gasteiger partial charge in [-0.15, -0.1) is 0 Å². The van der Waals surface area contributed by atoms with Crippen LogP contribution in [0.4, 0.5) is 0 Å². The van der Waals surface area contributed by atoms with Crippen LogP contribution in [0.1, 0.15) is 21.6 Å². The molecule has 0 radical (unpaired) electrons. The van der Waals surface area contributed by atoms with Crippen LogP contribution in [0.15, 0.2) is 42.9 Å². The number of rotatable bonds is 3. The monoisotopic (exact) mass is 238 g/mol. The van der Waals surface area contributed by atoms with Crippen LogP contribution in [-0.2, 0) is 6.54 Å². The maximum absolute atomic E-state index is 11.8. The molecule has 0 aliphatic heterocycles. The summed E-state index contributed by atoms with van der Waals surface area (Å²) in [6, 6.07) is 8.62. The predicted octanol–water partition coefficient (Wildman–Crippen LogP) is 1.28. The first kappa shape index (κ1) is 11.7. The van der Waals surface area contributed by atoms with Crippen LogP contribution in [0.25, 0.3) is 0 Å². The van der Waals surface area contributed by atoms with Crippen LogP contribution in [0.5, 0.6) is 0 Å². The van der Waals surface area contributed by atoms with Crippen molar-refractivity contribution in [3.05, 3.63) is 59.7 Å². The van der Waals surface area contributed by atoms with Crippen LogP contribution in [-0.4, -0.2) is 15.9 Å². The summed E-state index contributed by atoms with van der Waals surface area (Å²) in [6.07, 6.45) is 4.77. The van der Waals surface area contributed by atoms with Crippen molar-refractivity contribution in [2.45, 2.75) is 6.54 Å². The molecule has 0 atom stereocenters. The van der Waals surface area contributed by atoms with Gasteiger partial charge in [0, 0.05) is 25.1 Å². The summed E-state index contributed by atoms with van der Waals surface area (Å²) in [7, 11) is 0. The molecule has 5 heteroatoms. The van der Waals surface area contributed by atoms with E-state index in [9.17, 15) is 4.79 Å². The molecular formula is C13H10N4O. The van der Waals surface area contributed by atoms with Crippen LogP contribution < -0.4 is 5.32 Å². The van der Waals surface area contributed by atoms with Crippen molar-refractivity contribution in [1.29, 1.82) is 5.26 Å². The molecule has 1 amide bonds. The molecule has 0 saturated heterocycles. The Kier molecular flexibility index (Phi) is 3.62. The number of aromatic nitrogens is 2. The summed E-state index contributed by atoms with van der Waals surface area (Å²) in [5, 5.41) is 11.5. The standard InChI is InChI=1S/C13H10N4O/c14-8-11-3-6-16-12(7-11)13(18)17-9-10-1-4-15-5-2-10/h1-7H,9H2,(H,17,18). The highest BCUT2D eigenvalue weighted by atomic mass is 16.1. The van der Waals surface area contributed by atoms with Gasteiger partial charge < -0.3 is 5.32 Å². The first-order valence-electron chi connectivity index (χ1n) is 5.33. The van der Waals surface area contributed by atoms with Gasteiger partial charge in [-0.05, 0) is 29.8 Å². The molecule has 1 N–H and O–H groups in total. The van der Waals surface area contributed by atoms with Crippen LogP contribution in [0.2, 0.25) is 0 Å². The summed E-state index contributed by atoms with van der Waals surface area (Å²) in [6.45, 7) is 0.403. The lowest BCUT2D eigenvalue weighted by Gasteiger charge is -2.04. The van der Waals surface area contributed by atoms with Crippen molar-refractivity contribution in [2.75, 3.05) is 0 Å². The number of nitrogens with zero attached hydrogens (tertiary/aromatic N) is 3. The van der Waals surface area contributed by atoms with Crippen molar-refractivity contribution in [3.8, 4) is 6.07 Å². The number of amides is 1. The van der Waals surface area contributed by atoms with Gasteiger partial charge in [0.05, 0.1) is 11.6 Å². The van der Waals surface area contributed by atoms with Crippen molar-refractivity contribution < 1.29 is 4.79 Å². The zero-order chi connectivity index (χ0) is 12.8. The summed E-state index contributed by atoms with van der Waals surface area (Å²) >= 11 is 0. The normalized spacial score (nSPS) is 9.50. The fraction of sp³-hybridized carbons (Fsp3) is 0.0769. The minimum atomic E-state index is -0.302. The lowest BCUT2D eigenvalue weighted by Crippen LogP contribution is -2.23. The van der Waals surface area contributed by atoms with E-state index < -0.39 is 0 Å². The van der Waals surface area contributed by atoms with Crippen LogP contribution in [0.3, 0.4) is 0 Å². The van der Waals surface area contributed by atoms with Crippen molar-refractivity contribution in [1.82, 2.24) is 15.3 Å². The van der Waals surface area contributed by atoms with Gasteiger partial charge in [0.2, 0.25) is 0 Å². The van der Waals surface area contributed by atoms with Crippen molar-refractivity contribution >= 4 is 5.91 Å². The second-order valence-corrected chi connectivity index (χ2v) is 3.58. The highest BCUT2D eigenvalue weighted by Gasteiger charge is 2.07. The average Bonchev–Trinajstić information content (AvgIpc) is 2.46. The number of carbonyl (C=O) groups is 1. The molecule has 0 aliphatic carbocycles. The van der Waals surface area contributed by atoms with Gasteiger partial charge in [-0.1, -0.05) is 0 Å². The smallest absolute Gasteiger partial charge is 0.270 e. The Hall–Kier alpha value is -2.74. The number of hydrogen-bond donors (Lipinski definition) is 1. The Balaban J connectivity index is 2.02. The average molecular weight is 238 g/mol. The first-order chi connectivity index (χ1) is 8.79. The van der Waals surface area contributed by atoms with E-state index in [0.717, 1.165) is 5.56 Å². The van der Waals surface area contributed by atoms with E-state index in [2.05, 4.69) is 15.3 Å². The molecule has 88 valence electrons. The molecule has 2 aromatic rings. The van der Waals surface area contributed by atoms with Gasteiger partial charge >= 0.3 is 0 Å². The molecule has 2 aromatic heterocycles. The lowest BCUT2D eigenvalue weighted by molar-refractivity contribution is 0.0946. The summed E-state index contributed by atoms with van der Waals surface area (Å²) in [5.74, 6) is -0.302. The number of nitriles is 1. The quantitative estimate of drug-likeness (QED) is 0.873. The molecule has 0 saturated carbocycles. The number of nitrogens with one attached hydrogen (secondary N) is 1.